The maximum Gasteiger partial charge on any atom is 0.359 e. The molecule has 104 valence electrons. The van der Waals surface area contributed by atoms with E-state index in [1.165, 1.54) is 0 Å². The number of rotatable bonds is 3. The van der Waals surface area contributed by atoms with Gasteiger partial charge in [-0.15, -0.1) is 5.10 Å². The SMILES string of the molecule is O=C(O)c1nnn(-c2cccc3ccccc23)c1C(=O)O. The Labute approximate surface area is 118 Å². The summed E-state index contributed by atoms with van der Waals surface area (Å²) in [6.45, 7) is 0. The zero-order chi connectivity index (χ0) is 15.0. The lowest BCUT2D eigenvalue weighted by Gasteiger charge is -2.07. The summed E-state index contributed by atoms with van der Waals surface area (Å²) >= 11 is 0. The number of carbonyl (C=O) groups is 2. The Balaban J connectivity index is 2.34. The van der Waals surface area contributed by atoms with Gasteiger partial charge in [-0.2, -0.15) is 0 Å². The first kappa shape index (κ1) is 12.8. The lowest BCUT2D eigenvalue weighted by Crippen LogP contribution is -2.12. The van der Waals surface area contributed by atoms with Crippen LogP contribution in [0.2, 0.25) is 0 Å². The van der Waals surface area contributed by atoms with Gasteiger partial charge in [0.15, 0.2) is 5.69 Å². The van der Waals surface area contributed by atoms with Crippen molar-refractivity contribution in [3.05, 3.63) is 53.9 Å². The first-order valence-corrected chi connectivity index (χ1v) is 6.00. The minimum Gasteiger partial charge on any atom is -0.476 e. The number of carboxylic acids is 2. The number of aromatic carboxylic acids is 2. The summed E-state index contributed by atoms with van der Waals surface area (Å²) in [7, 11) is 0. The first-order valence-electron chi connectivity index (χ1n) is 6.00. The molecule has 3 aromatic rings. The Bertz CT molecular complexity index is 864. The van der Waals surface area contributed by atoms with Gasteiger partial charge in [0.2, 0.25) is 5.69 Å². The van der Waals surface area contributed by atoms with Crippen LogP contribution in [0, 0.1) is 0 Å². The van der Waals surface area contributed by atoms with Crippen LogP contribution in [0.5, 0.6) is 0 Å². The molecular formula is C14H9N3O4. The predicted octanol–water partition coefficient (Wildman–Crippen LogP) is 1.82. The lowest BCUT2D eigenvalue weighted by molar-refractivity contribution is 0.0642. The quantitative estimate of drug-likeness (QED) is 0.759. The molecular weight excluding hydrogens is 274 g/mol. The molecule has 0 unspecified atom stereocenters. The highest BCUT2D eigenvalue weighted by molar-refractivity contribution is 6.00. The van der Waals surface area contributed by atoms with Crippen molar-refractivity contribution in [2.75, 3.05) is 0 Å². The zero-order valence-corrected chi connectivity index (χ0v) is 10.6. The highest BCUT2D eigenvalue weighted by Gasteiger charge is 2.26. The lowest BCUT2D eigenvalue weighted by atomic mass is 10.1. The van der Waals surface area contributed by atoms with Crippen molar-refractivity contribution in [1.82, 2.24) is 15.0 Å². The van der Waals surface area contributed by atoms with Crippen molar-refractivity contribution in [2.24, 2.45) is 0 Å². The maximum absolute atomic E-state index is 11.4. The number of aromatic nitrogens is 3. The Kier molecular flexibility index (Phi) is 2.87. The average Bonchev–Trinajstić information content (AvgIpc) is 2.91. The largest absolute Gasteiger partial charge is 0.476 e. The minimum absolute atomic E-state index is 0.463. The van der Waals surface area contributed by atoms with Gasteiger partial charge >= 0.3 is 11.9 Å². The van der Waals surface area contributed by atoms with Crippen LogP contribution in [0.1, 0.15) is 21.0 Å². The van der Waals surface area contributed by atoms with Crippen molar-refractivity contribution in [2.45, 2.75) is 0 Å². The summed E-state index contributed by atoms with van der Waals surface area (Å²) in [5.41, 5.74) is -0.597. The molecule has 0 spiro atoms. The second kappa shape index (κ2) is 4.71. The maximum atomic E-state index is 11.4. The zero-order valence-electron chi connectivity index (χ0n) is 10.6. The average molecular weight is 283 g/mol. The van der Waals surface area contributed by atoms with Crippen LogP contribution in [-0.2, 0) is 0 Å². The van der Waals surface area contributed by atoms with Crippen LogP contribution < -0.4 is 0 Å². The molecule has 0 bridgehead atoms. The van der Waals surface area contributed by atoms with E-state index >= 15 is 0 Å². The fourth-order valence-electron chi connectivity index (χ4n) is 2.18. The standard InChI is InChI=1S/C14H9N3O4/c18-13(19)11-12(14(20)21)17(16-15-11)10-7-3-5-8-4-1-2-6-9(8)10/h1-7H,(H,18,19)(H,20,21). The molecule has 0 aliphatic carbocycles. The van der Waals surface area contributed by atoms with E-state index < -0.39 is 23.3 Å². The molecule has 0 aliphatic rings. The predicted molar refractivity (Wildman–Crippen MR) is 72.8 cm³/mol. The molecule has 1 aromatic heterocycles. The summed E-state index contributed by atoms with van der Waals surface area (Å²) in [5.74, 6) is -2.83. The van der Waals surface area contributed by atoms with Crippen LogP contribution in [0.4, 0.5) is 0 Å². The van der Waals surface area contributed by atoms with Gasteiger partial charge in [0.1, 0.15) is 0 Å². The van der Waals surface area contributed by atoms with E-state index in [0.29, 0.717) is 5.69 Å². The molecule has 0 saturated carbocycles. The third-order valence-corrected chi connectivity index (χ3v) is 3.07. The highest BCUT2D eigenvalue weighted by Crippen LogP contribution is 2.23. The van der Waals surface area contributed by atoms with E-state index in [4.69, 9.17) is 5.11 Å². The Morgan fingerprint density at radius 3 is 2.38 bits per heavy atom. The van der Waals surface area contributed by atoms with Crippen molar-refractivity contribution in [1.29, 1.82) is 0 Å². The molecule has 7 nitrogen and oxygen atoms in total. The molecule has 0 amide bonds. The molecule has 0 radical (unpaired) electrons. The van der Waals surface area contributed by atoms with Crippen LogP contribution in [0.25, 0.3) is 16.5 Å². The Morgan fingerprint density at radius 1 is 0.952 bits per heavy atom. The molecule has 0 fully saturated rings. The smallest absolute Gasteiger partial charge is 0.359 e. The number of hydrogen-bond acceptors (Lipinski definition) is 4. The first-order chi connectivity index (χ1) is 10.1. The van der Waals surface area contributed by atoms with Gasteiger partial charge in [0.25, 0.3) is 0 Å². The van der Waals surface area contributed by atoms with Crippen LogP contribution >= 0.6 is 0 Å². The molecule has 0 saturated heterocycles. The number of fused-ring (bicyclic) bond motifs is 1. The van der Waals surface area contributed by atoms with Crippen LogP contribution in [0.15, 0.2) is 42.5 Å². The van der Waals surface area contributed by atoms with Crippen molar-refractivity contribution in [3.63, 3.8) is 0 Å². The van der Waals surface area contributed by atoms with Gasteiger partial charge in [-0.25, -0.2) is 14.3 Å². The summed E-state index contributed by atoms with van der Waals surface area (Å²) in [6, 6.07) is 12.6. The number of benzene rings is 2. The summed E-state index contributed by atoms with van der Waals surface area (Å²) in [6.07, 6.45) is 0. The Hall–Kier alpha value is -3.22. The number of carboxylic acid groups (broad SMARTS) is 2. The summed E-state index contributed by atoms with van der Waals surface area (Å²) in [4.78, 5) is 22.4. The van der Waals surface area contributed by atoms with E-state index in [1.807, 2.05) is 18.2 Å². The van der Waals surface area contributed by atoms with E-state index in [9.17, 15) is 14.7 Å². The van der Waals surface area contributed by atoms with Gasteiger partial charge in [-0.05, 0) is 11.5 Å². The van der Waals surface area contributed by atoms with E-state index in [-0.39, 0.29) is 0 Å². The molecule has 0 atom stereocenters. The molecule has 2 N–H and O–H groups in total. The van der Waals surface area contributed by atoms with Gasteiger partial charge in [0.05, 0.1) is 5.69 Å². The second-order valence-electron chi connectivity index (χ2n) is 4.31. The Morgan fingerprint density at radius 2 is 1.67 bits per heavy atom. The normalized spacial score (nSPS) is 10.7. The molecule has 1 heterocycles. The molecule has 0 aliphatic heterocycles. The van der Waals surface area contributed by atoms with Crippen molar-refractivity contribution >= 4 is 22.7 Å². The number of hydrogen-bond donors (Lipinski definition) is 2. The van der Waals surface area contributed by atoms with E-state index in [2.05, 4.69) is 10.3 Å². The summed E-state index contributed by atoms with van der Waals surface area (Å²) < 4.78 is 1.04. The monoisotopic (exact) mass is 283 g/mol. The summed E-state index contributed by atoms with van der Waals surface area (Å²) in [5, 5.41) is 27.0. The van der Waals surface area contributed by atoms with Crippen molar-refractivity contribution in [3.8, 4) is 5.69 Å². The minimum atomic E-state index is -1.43. The van der Waals surface area contributed by atoms with Gasteiger partial charge in [0, 0.05) is 5.39 Å². The van der Waals surface area contributed by atoms with Gasteiger partial charge < -0.3 is 10.2 Å². The highest BCUT2D eigenvalue weighted by atomic mass is 16.4. The topological polar surface area (TPSA) is 105 Å². The van der Waals surface area contributed by atoms with Crippen LogP contribution in [0.3, 0.4) is 0 Å². The molecule has 2 aromatic carbocycles. The molecule has 21 heavy (non-hydrogen) atoms. The third-order valence-electron chi connectivity index (χ3n) is 3.07. The van der Waals surface area contributed by atoms with Gasteiger partial charge in [-0.3, -0.25) is 0 Å². The fourth-order valence-corrected chi connectivity index (χ4v) is 2.18. The molecule has 7 heteroatoms. The fraction of sp³-hybridized carbons (Fsp3) is 0. The second-order valence-corrected chi connectivity index (χ2v) is 4.31. The van der Waals surface area contributed by atoms with E-state index in [0.717, 1.165) is 15.5 Å². The number of nitrogens with zero attached hydrogens (tertiary/aromatic N) is 3. The van der Waals surface area contributed by atoms with Crippen LogP contribution in [-0.4, -0.2) is 37.1 Å². The van der Waals surface area contributed by atoms with Crippen molar-refractivity contribution < 1.29 is 19.8 Å². The van der Waals surface area contributed by atoms with Gasteiger partial charge in [-0.1, -0.05) is 41.6 Å². The molecule has 3 rings (SSSR count). The third kappa shape index (κ3) is 2.00. The van der Waals surface area contributed by atoms with E-state index in [1.54, 1.807) is 24.3 Å².